The van der Waals surface area contributed by atoms with Crippen LogP contribution in [0.25, 0.3) is 44.7 Å². The van der Waals surface area contributed by atoms with E-state index in [-0.39, 0.29) is 50.5 Å². The summed E-state index contributed by atoms with van der Waals surface area (Å²) in [4.78, 5) is 51.4. The quantitative estimate of drug-likeness (QED) is 0.0982. The maximum Gasteiger partial charge on any atom is 0.325 e. The molecule has 58 heavy (non-hydrogen) atoms. The summed E-state index contributed by atoms with van der Waals surface area (Å²) in [5.74, 6) is -1.13. The first kappa shape index (κ1) is 42.3. The fourth-order valence-electron chi connectivity index (χ4n) is 6.72. The monoisotopic (exact) mass is 834 g/mol. The van der Waals surface area contributed by atoms with E-state index in [2.05, 4.69) is 20.8 Å². The number of ether oxygens (including phenoxy) is 2. The normalized spacial score (nSPS) is 12.6. The first-order chi connectivity index (χ1) is 27.9. The molecule has 2 atom stereocenters. The van der Waals surface area contributed by atoms with E-state index in [0.717, 1.165) is 0 Å². The van der Waals surface area contributed by atoms with Crippen molar-refractivity contribution in [1.29, 1.82) is 0 Å². The number of carbonyl (C=O) groups is 2. The Kier molecular flexibility index (Phi) is 13.5. The number of nitrogens with zero attached hydrogens (tertiary/aromatic N) is 6. The predicted octanol–water partition coefficient (Wildman–Crippen LogP) is 3.26. The molecule has 0 bridgehead atoms. The number of fused-ring (bicyclic) bond motifs is 2. The lowest BCUT2D eigenvalue weighted by Gasteiger charge is -2.16. The molecule has 4 N–H and O–H groups in total. The van der Waals surface area contributed by atoms with Gasteiger partial charge in [0.25, 0.3) is 11.1 Å². The van der Waals surface area contributed by atoms with E-state index >= 15 is 0 Å². The van der Waals surface area contributed by atoms with E-state index in [1.54, 1.807) is 73.5 Å². The average Bonchev–Trinajstić information content (AvgIpc) is 3.82. The molecule has 0 saturated carbocycles. The molecular weight excluding hydrogens is 791 g/mol. The van der Waals surface area contributed by atoms with Crippen LogP contribution in [0.2, 0.25) is 10.0 Å². The molecule has 0 spiro atoms. The smallest absolute Gasteiger partial charge is 0.325 e. The first-order valence-electron chi connectivity index (χ1n) is 18.7. The number of benzene rings is 2. The second-order valence-corrected chi connectivity index (χ2v) is 14.1. The Morgan fingerprint density at radius 2 is 1.07 bits per heavy atom. The fourth-order valence-corrected chi connectivity index (χ4v) is 7.37. The molecule has 0 radical (unpaired) electrons. The van der Waals surface area contributed by atoms with Crippen molar-refractivity contribution < 1.29 is 29.3 Å². The van der Waals surface area contributed by atoms with Gasteiger partial charge in [-0.05, 0) is 39.8 Å². The van der Waals surface area contributed by atoms with Crippen LogP contribution >= 0.6 is 23.2 Å². The van der Waals surface area contributed by atoms with Crippen LogP contribution in [0.4, 0.5) is 0 Å². The van der Waals surface area contributed by atoms with Gasteiger partial charge < -0.3 is 39.5 Å². The van der Waals surface area contributed by atoms with Crippen molar-refractivity contribution in [2.45, 2.75) is 52.9 Å². The summed E-state index contributed by atoms with van der Waals surface area (Å²) in [6, 6.07) is 12.4. The van der Waals surface area contributed by atoms with Crippen LogP contribution < -0.4 is 21.8 Å². The second kappa shape index (κ2) is 18.5. The minimum Gasteiger partial charge on any atom is -0.465 e. The Balaban J connectivity index is 1.26. The maximum atomic E-state index is 13.6. The molecule has 4 aromatic heterocycles. The molecule has 306 valence electrons. The summed E-state index contributed by atoms with van der Waals surface area (Å²) >= 11 is 14.2. The van der Waals surface area contributed by atoms with E-state index in [4.69, 9.17) is 32.7 Å². The number of aliphatic hydroxyl groups is 2. The van der Waals surface area contributed by atoms with Crippen LogP contribution in [0.5, 0.6) is 0 Å². The molecule has 0 unspecified atom stereocenters. The van der Waals surface area contributed by atoms with Crippen LogP contribution in [0.15, 0.2) is 70.5 Å². The number of aryl methyl sites for hydroxylation is 2. The molecule has 6 rings (SSSR count). The van der Waals surface area contributed by atoms with Gasteiger partial charge in [0.05, 0.1) is 47.9 Å². The zero-order valence-corrected chi connectivity index (χ0v) is 33.9. The maximum absolute atomic E-state index is 13.6. The van der Waals surface area contributed by atoms with Gasteiger partial charge >= 0.3 is 11.9 Å². The van der Waals surface area contributed by atoms with Crippen molar-refractivity contribution in [3.05, 3.63) is 103 Å². The number of hydrogen-bond acceptors (Lipinski definition) is 12. The molecule has 0 amide bonds. The highest BCUT2D eigenvalue weighted by Crippen LogP contribution is 2.42. The zero-order chi connectivity index (χ0) is 41.7. The van der Waals surface area contributed by atoms with E-state index < -0.39 is 37.2 Å². The number of aliphatic hydroxyl groups excluding tert-OH is 2. The van der Waals surface area contributed by atoms with Gasteiger partial charge in [0.1, 0.15) is 23.1 Å². The second-order valence-electron chi connectivity index (χ2n) is 13.4. The van der Waals surface area contributed by atoms with Crippen molar-refractivity contribution >= 4 is 46.2 Å². The Hall–Kier alpha value is -5.36. The van der Waals surface area contributed by atoms with E-state index in [1.165, 1.54) is 9.03 Å². The highest BCUT2D eigenvalue weighted by molar-refractivity contribution is 6.39. The topological polar surface area (TPSA) is 196 Å². The fraction of sp³-hybridized carbons (Fsp3) is 0.350. The predicted molar refractivity (Wildman–Crippen MR) is 219 cm³/mol. The minimum atomic E-state index is -0.904. The van der Waals surface area contributed by atoms with Gasteiger partial charge in [0, 0.05) is 72.2 Å². The summed E-state index contributed by atoms with van der Waals surface area (Å²) in [5, 5.41) is 35.2. The number of carbonyl (C=O) groups excluding carboxylic acids is 2. The molecule has 0 aliphatic rings. The molecule has 0 aliphatic carbocycles. The lowest BCUT2D eigenvalue weighted by molar-refractivity contribution is -0.147. The lowest BCUT2D eigenvalue weighted by Crippen LogP contribution is -2.43. The Morgan fingerprint density at radius 3 is 1.43 bits per heavy atom. The third-order valence-electron chi connectivity index (χ3n) is 9.67. The van der Waals surface area contributed by atoms with Gasteiger partial charge in [-0.1, -0.05) is 59.6 Å². The number of rotatable bonds is 17. The van der Waals surface area contributed by atoms with Crippen LogP contribution in [0.3, 0.4) is 0 Å². The van der Waals surface area contributed by atoms with Crippen molar-refractivity contribution in [2.24, 2.45) is 0 Å². The van der Waals surface area contributed by atoms with E-state index in [9.17, 15) is 29.4 Å². The van der Waals surface area contributed by atoms with Gasteiger partial charge in [0.2, 0.25) is 0 Å². The number of halogens is 2. The number of nitrogens with one attached hydrogen (secondary N) is 2. The molecule has 2 aromatic carbocycles. The SMILES string of the molecule is CCOC(=O)[C@H](CO)NCCn1c(C)cn2nc(-c3cccc(-c4cccc(-c5cc6c(=O)n(CCN[C@@H](CO)C(=O)OCC)c(C)cn6n5)c4Cl)c3Cl)cc2c1=O. The molecule has 6 aromatic rings. The molecule has 18 heteroatoms. The molecule has 0 aliphatic heterocycles. The van der Waals surface area contributed by atoms with Crippen molar-refractivity contribution in [3.8, 4) is 33.6 Å². The summed E-state index contributed by atoms with van der Waals surface area (Å²) in [7, 11) is 0. The largest absolute Gasteiger partial charge is 0.465 e. The Labute approximate surface area is 342 Å². The van der Waals surface area contributed by atoms with E-state index in [1.807, 2.05) is 24.3 Å². The zero-order valence-electron chi connectivity index (χ0n) is 32.4. The molecule has 0 fully saturated rings. The van der Waals surface area contributed by atoms with Crippen LogP contribution in [0.1, 0.15) is 25.2 Å². The number of esters is 2. The molecule has 4 heterocycles. The number of hydrogen-bond donors (Lipinski definition) is 4. The third kappa shape index (κ3) is 8.57. The highest BCUT2D eigenvalue weighted by Gasteiger charge is 2.22. The highest BCUT2D eigenvalue weighted by atomic mass is 35.5. The van der Waals surface area contributed by atoms with Crippen molar-refractivity contribution in [1.82, 2.24) is 39.0 Å². The minimum absolute atomic E-state index is 0.187. The van der Waals surface area contributed by atoms with Crippen LogP contribution in [-0.4, -0.2) is 102 Å². The van der Waals surface area contributed by atoms with Crippen molar-refractivity contribution in [3.63, 3.8) is 0 Å². The van der Waals surface area contributed by atoms with Crippen molar-refractivity contribution in [2.75, 3.05) is 39.5 Å². The van der Waals surface area contributed by atoms with E-state index in [0.29, 0.717) is 66.1 Å². The summed E-state index contributed by atoms with van der Waals surface area (Å²) < 4.78 is 16.1. The average molecular weight is 836 g/mol. The van der Waals surface area contributed by atoms with Gasteiger partial charge in [-0.2, -0.15) is 10.2 Å². The summed E-state index contributed by atoms with van der Waals surface area (Å²) in [5.41, 5.74) is 4.59. The summed E-state index contributed by atoms with van der Waals surface area (Å²) in [6.45, 7) is 7.33. The summed E-state index contributed by atoms with van der Waals surface area (Å²) in [6.07, 6.45) is 3.46. The number of aromatic nitrogens is 6. The van der Waals surface area contributed by atoms with Gasteiger partial charge in [-0.15, -0.1) is 0 Å². The first-order valence-corrected chi connectivity index (χ1v) is 19.5. The lowest BCUT2D eigenvalue weighted by atomic mass is 9.98. The molecule has 0 saturated heterocycles. The van der Waals surface area contributed by atoms with Crippen LogP contribution in [0, 0.1) is 13.8 Å². The van der Waals surface area contributed by atoms with Gasteiger partial charge in [-0.25, -0.2) is 9.03 Å². The van der Waals surface area contributed by atoms with Gasteiger partial charge in [0.15, 0.2) is 0 Å². The Bertz CT molecular complexity index is 2420. The Morgan fingerprint density at radius 1 is 0.690 bits per heavy atom. The standard InChI is InChI=1S/C40H44Cl2N8O8/c1-5-57-39(55)31(21-51)43-13-15-47-23(3)19-49-33(37(47)53)17-29(45-49)27-11-7-9-25(35(27)41)26-10-8-12-28(36(26)42)30-18-34-38(54)48(24(4)20-50(34)46-30)16-14-44-32(22-52)40(56)58-6-2/h7-12,17-20,31-32,43-44,51-52H,5-6,13-16,21-22H2,1-4H3/t31-,32-/m0/s1. The molecule has 16 nitrogen and oxygen atoms in total. The van der Waals surface area contributed by atoms with Crippen LogP contribution in [-0.2, 0) is 32.2 Å². The van der Waals surface area contributed by atoms with Gasteiger partial charge in [-0.3, -0.25) is 19.2 Å². The molecular formula is C40H44Cl2N8O8. The third-order valence-corrected chi connectivity index (χ3v) is 10.5.